The molecule has 1 aliphatic rings. The normalized spacial score (nSPS) is 16.3. The molecule has 25 heavy (non-hydrogen) atoms. The maximum absolute atomic E-state index is 13.1. The molecule has 1 fully saturated rings. The molecule has 1 heterocycles. The van der Waals surface area contributed by atoms with E-state index in [0.29, 0.717) is 6.54 Å². The lowest BCUT2D eigenvalue weighted by molar-refractivity contribution is -0.140. The second-order valence-corrected chi connectivity index (χ2v) is 8.92. The number of aryl methyl sites for hydroxylation is 1. The molecule has 5 nitrogen and oxygen atoms in total. The van der Waals surface area contributed by atoms with E-state index >= 15 is 0 Å². The molecule has 6 heteroatoms. The first-order valence-corrected chi connectivity index (χ1v) is 10.2. The molecular formula is C19H23NO4S. The lowest BCUT2D eigenvalue weighted by Gasteiger charge is -2.43. The van der Waals surface area contributed by atoms with Crippen molar-refractivity contribution in [3.8, 4) is 0 Å². The van der Waals surface area contributed by atoms with Gasteiger partial charge < -0.3 is 9.32 Å². The van der Waals surface area contributed by atoms with E-state index in [1.165, 1.54) is 6.26 Å². The number of carbonyl (C=O) groups is 1. The predicted octanol–water partition coefficient (Wildman–Crippen LogP) is 3.07. The van der Waals surface area contributed by atoms with Gasteiger partial charge in [0.25, 0.3) is 0 Å². The largest absolute Gasteiger partial charge is 0.464 e. The molecule has 1 aromatic heterocycles. The Hall–Kier alpha value is -2.08. The van der Waals surface area contributed by atoms with Crippen LogP contribution in [0.3, 0.4) is 0 Å². The minimum atomic E-state index is -3.24. The van der Waals surface area contributed by atoms with Gasteiger partial charge >= 0.3 is 0 Å². The fourth-order valence-electron chi connectivity index (χ4n) is 3.42. The zero-order valence-electron chi connectivity index (χ0n) is 14.8. The zero-order chi connectivity index (χ0) is 18.2. The SMILES string of the molecule is Cc1ccc(CN(C)C(=O)C2(c3ccc(S(C)(=O)=O)cc3)CCC2)o1. The second-order valence-electron chi connectivity index (χ2n) is 6.91. The van der Waals surface area contributed by atoms with Gasteiger partial charge in [0.15, 0.2) is 9.84 Å². The summed E-state index contributed by atoms with van der Waals surface area (Å²) in [5.74, 6) is 1.64. The number of benzene rings is 1. The Balaban J connectivity index is 1.83. The van der Waals surface area contributed by atoms with Crippen molar-refractivity contribution in [3.63, 3.8) is 0 Å². The number of hydrogen-bond donors (Lipinski definition) is 0. The van der Waals surface area contributed by atoms with Crippen LogP contribution in [0.5, 0.6) is 0 Å². The predicted molar refractivity (Wildman–Crippen MR) is 95.0 cm³/mol. The number of likely N-dealkylation sites (N-methyl/N-ethyl adjacent to an activating group) is 1. The fraction of sp³-hybridized carbons (Fsp3) is 0.421. The minimum absolute atomic E-state index is 0.0555. The summed E-state index contributed by atoms with van der Waals surface area (Å²) in [6.45, 7) is 2.30. The quantitative estimate of drug-likeness (QED) is 0.821. The molecule has 3 rings (SSSR count). The molecule has 0 bridgehead atoms. The van der Waals surface area contributed by atoms with Crippen molar-refractivity contribution in [1.29, 1.82) is 0 Å². The summed E-state index contributed by atoms with van der Waals surface area (Å²) in [7, 11) is -1.45. The highest BCUT2D eigenvalue weighted by Crippen LogP contribution is 2.45. The summed E-state index contributed by atoms with van der Waals surface area (Å²) < 4.78 is 28.8. The van der Waals surface area contributed by atoms with E-state index in [2.05, 4.69) is 0 Å². The number of hydrogen-bond acceptors (Lipinski definition) is 4. The van der Waals surface area contributed by atoms with E-state index in [9.17, 15) is 13.2 Å². The summed E-state index contributed by atoms with van der Waals surface area (Å²) >= 11 is 0. The average Bonchev–Trinajstić information content (AvgIpc) is 2.90. The van der Waals surface area contributed by atoms with Crippen LogP contribution in [-0.2, 0) is 26.6 Å². The first-order chi connectivity index (χ1) is 11.7. The van der Waals surface area contributed by atoms with Crippen LogP contribution in [0.15, 0.2) is 45.7 Å². The van der Waals surface area contributed by atoms with Crippen LogP contribution in [-0.4, -0.2) is 32.5 Å². The van der Waals surface area contributed by atoms with Gasteiger partial charge in [-0.3, -0.25) is 4.79 Å². The van der Waals surface area contributed by atoms with Crippen LogP contribution in [0.25, 0.3) is 0 Å². The van der Waals surface area contributed by atoms with Gasteiger partial charge in [-0.05, 0) is 49.6 Å². The summed E-state index contributed by atoms with van der Waals surface area (Å²) in [4.78, 5) is 15.1. The fourth-order valence-corrected chi connectivity index (χ4v) is 4.05. The standard InChI is InChI=1S/C19H23NO4S/c1-14-5-8-16(24-14)13-20(2)18(21)19(11-4-12-19)15-6-9-17(10-7-15)25(3,22)23/h5-10H,4,11-13H2,1-3H3. The van der Waals surface area contributed by atoms with Crippen molar-refractivity contribution in [2.45, 2.75) is 43.0 Å². The van der Waals surface area contributed by atoms with Crippen molar-refractivity contribution in [2.24, 2.45) is 0 Å². The number of amides is 1. The molecule has 0 atom stereocenters. The lowest BCUT2D eigenvalue weighted by Crippen LogP contribution is -2.49. The minimum Gasteiger partial charge on any atom is -0.464 e. The number of carbonyl (C=O) groups excluding carboxylic acids is 1. The average molecular weight is 361 g/mol. The number of furan rings is 1. The molecule has 0 unspecified atom stereocenters. The molecule has 1 saturated carbocycles. The molecule has 134 valence electrons. The first-order valence-electron chi connectivity index (χ1n) is 8.34. The van der Waals surface area contributed by atoms with E-state index in [0.717, 1.165) is 36.3 Å². The van der Waals surface area contributed by atoms with E-state index < -0.39 is 15.3 Å². The lowest BCUT2D eigenvalue weighted by atomic mass is 9.63. The molecule has 0 radical (unpaired) electrons. The van der Waals surface area contributed by atoms with Gasteiger partial charge in [-0.1, -0.05) is 18.6 Å². The van der Waals surface area contributed by atoms with E-state index in [1.807, 2.05) is 19.1 Å². The molecule has 1 aliphatic carbocycles. The number of nitrogens with zero attached hydrogens (tertiary/aromatic N) is 1. The zero-order valence-corrected chi connectivity index (χ0v) is 15.6. The van der Waals surface area contributed by atoms with E-state index in [4.69, 9.17) is 4.42 Å². The Morgan fingerprint density at radius 3 is 2.24 bits per heavy atom. The van der Waals surface area contributed by atoms with Gasteiger partial charge in [0.1, 0.15) is 11.5 Å². The highest BCUT2D eigenvalue weighted by molar-refractivity contribution is 7.90. The van der Waals surface area contributed by atoms with Gasteiger partial charge in [-0.2, -0.15) is 0 Å². The third-order valence-corrected chi connectivity index (χ3v) is 6.12. The summed E-state index contributed by atoms with van der Waals surface area (Å²) in [5, 5.41) is 0. The topological polar surface area (TPSA) is 67.6 Å². The second kappa shape index (κ2) is 6.33. The Labute approximate surface area is 148 Å². The van der Waals surface area contributed by atoms with Gasteiger partial charge in [0.2, 0.25) is 5.91 Å². The van der Waals surface area contributed by atoms with Crippen molar-refractivity contribution < 1.29 is 17.6 Å². The van der Waals surface area contributed by atoms with Gasteiger partial charge in [0, 0.05) is 13.3 Å². The van der Waals surface area contributed by atoms with E-state index in [-0.39, 0.29) is 10.8 Å². The summed E-state index contributed by atoms with van der Waals surface area (Å²) in [6, 6.07) is 10.5. The van der Waals surface area contributed by atoms with Crippen LogP contribution in [0, 0.1) is 6.92 Å². The molecular weight excluding hydrogens is 338 g/mol. The van der Waals surface area contributed by atoms with Crippen LogP contribution >= 0.6 is 0 Å². The van der Waals surface area contributed by atoms with Crippen LogP contribution < -0.4 is 0 Å². The van der Waals surface area contributed by atoms with Crippen molar-refractivity contribution in [2.75, 3.05) is 13.3 Å². The Bertz CT molecular complexity index is 876. The molecule has 0 N–H and O–H groups in total. The smallest absolute Gasteiger partial charge is 0.233 e. The summed E-state index contributed by atoms with van der Waals surface area (Å²) in [6.07, 6.45) is 3.75. The van der Waals surface area contributed by atoms with Crippen molar-refractivity contribution in [1.82, 2.24) is 4.90 Å². The highest BCUT2D eigenvalue weighted by atomic mass is 32.2. The highest BCUT2D eigenvalue weighted by Gasteiger charge is 2.47. The van der Waals surface area contributed by atoms with Gasteiger partial charge in [-0.25, -0.2) is 8.42 Å². The molecule has 0 aliphatic heterocycles. The van der Waals surface area contributed by atoms with Crippen LogP contribution in [0.4, 0.5) is 0 Å². The Kier molecular flexibility index (Phi) is 4.49. The molecule has 2 aromatic rings. The maximum Gasteiger partial charge on any atom is 0.233 e. The molecule has 1 aromatic carbocycles. The van der Waals surface area contributed by atoms with E-state index in [1.54, 1.807) is 36.2 Å². The van der Waals surface area contributed by atoms with Crippen molar-refractivity contribution in [3.05, 3.63) is 53.5 Å². The summed E-state index contributed by atoms with van der Waals surface area (Å²) in [5.41, 5.74) is 0.338. The van der Waals surface area contributed by atoms with Crippen molar-refractivity contribution >= 4 is 15.7 Å². The monoisotopic (exact) mass is 361 g/mol. The number of sulfone groups is 1. The third kappa shape index (κ3) is 3.35. The van der Waals surface area contributed by atoms with Crippen LogP contribution in [0.1, 0.15) is 36.3 Å². The Morgan fingerprint density at radius 2 is 1.80 bits per heavy atom. The molecule has 0 spiro atoms. The number of rotatable bonds is 5. The molecule has 0 saturated heterocycles. The van der Waals surface area contributed by atoms with Gasteiger partial charge in [0.05, 0.1) is 16.9 Å². The Morgan fingerprint density at radius 1 is 1.16 bits per heavy atom. The maximum atomic E-state index is 13.1. The third-order valence-electron chi connectivity index (χ3n) is 4.99. The van der Waals surface area contributed by atoms with Crippen LogP contribution in [0.2, 0.25) is 0 Å². The molecule has 1 amide bonds. The van der Waals surface area contributed by atoms with Gasteiger partial charge in [-0.15, -0.1) is 0 Å². The first kappa shape index (κ1) is 17.7.